The summed E-state index contributed by atoms with van der Waals surface area (Å²) in [5.74, 6) is 0.723. The number of hydrogen-bond acceptors (Lipinski definition) is 5. The predicted octanol–water partition coefficient (Wildman–Crippen LogP) is 3.66. The Labute approximate surface area is 153 Å². The average molecular weight is 374 g/mol. The van der Waals surface area contributed by atoms with E-state index in [9.17, 15) is 9.59 Å². The molecule has 25 heavy (non-hydrogen) atoms. The van der Waals surface area contributed by atoms with Gasteiger partial charge in [0.2, 0.25) is 0 Å². The summed E-state index contributed by atoms with van der Waals surface area (Å²) in [4.78, 5) is 32.6. The van der Waals surface area contributed by atoms with E-state index >= 15 is 0 Å². The van der Waals surface area contributed by atoms with Crippen LogP contribution in [0.3, 0.4) is 0 Å². The Bertz CT molecular complexity index is 1000. The lowest BCUT2D eigenvalue weighted by Crippen LogP contribution is -2.27. The molecule has 1 unspecified atom stereocenters. The van der Waals surface area contributed by atoms with Crippen LogP contribution in [0.2, 0.25) is 0 Å². The molecule has 1 aliphatic heterocycles. The monoisotopic (exact) mass is 373 g/mol. The number of hydrogen-bond donors (Lipinski definition) is 1. The van der Waals surface area contributed by atoms with Crippen molar-refractivity contribution in [3.05, 3.63) is 49.0 Å². The summed E-state index contributed by atoms with van der Waals surface area (Å²) in [6, 6.07) is 4.03. The molecule has 0 aromatic carbocycles. The number of rotatable bonds is 4. The Morgan fingerprint density at radius 1 is 1.48 bits per heavy atom. The zero-order chi connectivity index (χ0) is 17.6. The fourth-order valence-electron chi connectivity index (χ4n) is 3.38. The molecule has 130 valence electrons. The van der Waals surface area contributed by atoms with Gasteiger partial charge in [-0.3, -0.25) is 14.2 Å². The SMILES string of the molecule is CCC(NC(=O)c1sc2nc3n(c(=O)c2c1C)CCC3)c1cccs1. The van der Waals surface area contributed by atoms with Crippen LogP contribution in [0.15, 0.2) is 22.3 Å². The molecule has 3 aromatic heterocycles. The van der Waals surface area contributed by atoms with E-state index in [0.717, 1.165) is 42.1 Å². The van der Waals surface area contributed by atoms with Crippen molar-refractivity contribution in [2.45, 2.75) is 45.7 Å². The lowest BCUT2D eigenvalue weighted by Gasteiger charge is -2.15. The molecule has 0 fully saturated rings. The van der Waals surface area contributed by atoms with E-state index in [1.165, 1.54) is 11.3 Å². The molecule has 0 saturated carbocycles. The number of aromatic nitrogens is 2. The van der Waals surface area contributed by atoms with E-state index in [4.69, 9.17) is 0 Å². The highest BCUT2D eigenvalue weighted by Crippen LogP contribution is 2.30. The van der Waals surface area contributed by atoms with Gasteiger partial charge in [-0.15, -0.1) is 22.7 Å². The van der Waals surface area contributed by atoms with Crippen molar-refractivity contribution in [3.8, 4) is 0 Å². The zero-order valence-electron chi connectivity index (χ0n) is 14.2. The van der Waals surface area contributed by atoms with Gasteiger partial charge >= 0.3 is 0 Å². The molecule has 0 radical (unpaired) electrons. The molecule has 0 bridgehead atoms. The first-order valence-corrected chi connectivity index (χ1v) is 10.2. The smallest absolute Gasteiger partial charge is 0.262 e. The maximum absolute atomic E-state index is 12.8. The van der Waals surface area contributed by atoms with E-state index in [0.29, 0.717) is 15.1 Å². The summed E-state index contributed by atoms with van der Waals surface area (Å²) < 4.78 is 1.75. The van der Waals surface area contributed by atoms with Gasteiger partial charge in [-0.1, -0.05) is 13.0 Å². The van der Waals surface area contributed by atoms with Crippen LogP contribution in [0.1, 0.15) is 51.7 Å². The van der Waals surface area contributed by atoms with E-state index in [-0.39, 0.29) is 17.5 Å². The third kappa shape index (κ3) is 2.71. The highest BCUT2D eigenvalue weighted by atomic mass is 32.1. The molecule has 5 nitrogen and oxygen atoms in total. The second-order valence-corrected chi connectivity index (χ2v) is 8.25. The lowest BCUT2D eigenvalue weighted by molar-refractivity contribution is 0.0940. The van der Waals surface area contributed by atoms with Gasteiger partial charge in [-0.05, 0) is 36.8 Å². The summed E-state index contributed by atoms with van der Waals surface area (Å²) in [7, 11) is 0. The zero-order valence-corrected chi connectivity index (χ0v) is 15.8. The average Bonchev–Trinajstić information content (AvgIpc) is 3.32. The van der Waals surface area contributed by atoms with Crippen LogP contribution in [0.25, 0.3) is 10.2 Å². The molecule has 7 heteroatoms. The van der Waals surface area contributed by atoms with Crippen molar-refractivity contribution < 1.29 is 4.79 Å². The van der Waals surface area contributed by atoms with Crippen LogP contribution in [-0.2, 0) is 13.0 Å². The topological polar surface area (TPSA) is 64.0 Å². The maximum atomic E-state index is 12.8. The van der Waals surface area contributed by atoms with Gasteiger partial charge in [-0.2, -0.15) is 0 Å². The summed E-state index contributed by atoms with van der Waals surface area (Å²) in [6.45, 7) is 4.63. The molecule has 4 rings (SSSR count). The van der Waals surface area contributed by atoms with Crippen LogP contribution >= 0.6 is 22.7 Å². The second kappa shape index (κ2) is 6.38. The number of carbonyl (C=O) groups excluding carboxylic acids is 1. The Hall–Kier alpha value is -1.99. The summed E-state index contributed by atoms with van der Waals surface area (Å²) in [5, 5.41) is 5.73. The van der Waals surface area contributed by atoms with Crippen molar-refractivity contribution in [1.29, 1.82) is 0 Å². The van der Waals surface area contributed by atoms with Crippen LogP contribution in [0, 0.1) is 6.92 Å². The van der Waals surface area contributed by atoms with Gasteiger partial charge in [0.1, 0.15) is 10.7 Å². The molecule has 0 aliphatic carbocycles. The van der Waals surface area contributed by atoms with Crippen molar-refractivity contribution >= 4 is 38.8 Å². The number of fused-ring (bicyclic) bond motifs is 2. The summed E-state index contributed by atoms with van der Waals surface area (Å²) in [6.07, 6.45) is 2.62. The second-order valence-electron chi connectivity index (χ2n) is 6.27. The third-order valence-electron chi connectivity index (χ3n) is 4.72. The molecule has 0 saturated heterocycles. The molecule has 1 atom stereocenters. The third-order valence-corrected chi connectivity index (χ3v) is 6.89. The minimum absolute atomic E-state index is 0.00354. The highest BCUT2D eigenvalue weighted by Gasteiger charge is 2.24. The van der Waals surface area contributed by atoms with Gasteiger partial charge in [0.25, 0.3) is 11.5 Å². The fraction of sp³-hybridized carbons (Fsp3) is 0.389. The number of nitrogens with one attached hydrogen (secondary N) is 1. The molecule has 1 amide bonds. The Balaban J connectivity index is 1.72. The lowest BCUT2D eigenvalue weighted by atomic mass is 10.1. The highest BCUT2D eigenvalue weighted by molar-refractivity contribution is 7.20. The number of thiophene rings is 2. The van der Waals surface area contributed by atoms with Crippen LogP contribution in [0.5, 0.6) is 0 Å². The molecule has 4 heterocycles. The van der Waals surface area contributed by atoms with E-state index < -0.39 is 0 Å². The maximum Gasteiger partial charge on any atom is 0.262 e. The van der Waals surface area contributed by atoms with Crippen molar-refractivity contribution in [1.82, 2.24) is 14.9 Å². The van der Waals surface area contributed by atoms with Crippen molar-refractivity contribution in [2.24, 2.45) is 0 Å². The molecule has 0 spiro atoms. The summed E-state index contributed by atoms with van der Waals surface area (Å²) >= 11 is 2.97. The Kier molecular flexibility index (Phi) is 4.21. The molecule has 1 aliphatic rings. The largest absolute Gasteiger partial charge is 0.344 e. The summed E-state index contributed by atoms with van der Waals surface area (Å²) in [5.41, 5.74) is 0.744. The van der Waals surface area contributed by atoms with E-state index in [2.05, 4.69) is 17.2 Å². The van der Waals surface area contributed by atoms with Crippen molar-refractivity contribution in [3.63, 3.8) is 0 Å². The molecular formula is C18H19N3O2S2. The number of aryl methyl sites for hydroxylation is 2. The van der Waals surface area contributed by atoms with Crippen LogP contribution in [0.4, 0.5) is 0 Å². The van der Waals surface area contributed by atoms with Crippen molar-refractivity contribution in [2.75, 3.05) is 0 Å². The van der Waals surface area contributed by atoms with Gasteiger partial charge in [-0.25, -0.2) is 4.98 Å². The standard InChI is InChI=1S/C18H19N3O2S2/c1-3-11(12-6-5-9-24-12)19-16(22)15-10(2)14-17(25-15)20-13-7-4-8-21(13)18(14)23/h5-6,9,11H,3-4,7-8H2,1-2H3,(H,19,22). The fourth-order valence-corrected chi connectivity index (χ4v) is 5.33. The minimum Gasteiger partial charge on any atom is -0.344 e. The van der Waals surface area contributed by atoms with Crippen LogP contribution in [-0.4, -0.2) is 15.5 Å². The van der Waals surface area contributed by atoms with E-state index in [1.54, 1.807) is 15.9 Å². The van der Waals surface area contributed by atoms with Gasteiger partial charge in [0.05, 0.1) is 16.3 Å². The molecular weight excluding hydrogens is 354 g/mol. The quantitative estimate of drug-likeness (QED) is 0.759. The van der Waals surface area contributed by atoms with Gasteiger partial charge in [0.15, 0.2) is 0 Å². The number of amides is 1. The molecule has 3 aromatic rings. The molecule has 1 N–H and O–H groups in total. The van der Waals surface area contributed by atoms with E-state index in [1.807, 2.05) is 24.4 Å². The van der Waals surface area contributed by atoms with Gasteiger partial charge in [0, 0.05) is 17.8 Å². The normalized spacial score (nSPS) is 14.6. The predicted molar refractivity (Wildman–Crippen MR) is 102 cm³/mol. The van der Waals surface area contributed by atoms with Crippen LogP contribution < -0.4 is 10.9 Å². The van der Waals surface area contributed by atoms with Gasteiger partial charge < -0.3 is 5.32 Å². The Morgan fingerprint density at radius 2 is 2.32 bits per heavy atom. The number of nitrogens with zero attached hydrogens (tertiary/aromatic N) is 2. The first-order chi connectivity index (χ1) is 12.1. The minimum atomic E-state index is -0.120. The Morgan fingerprint density at radius 3 is 3.04 bits per heavy atom. The first-order valence-electron chi connectivity index (χ1n) is 8.47. The number of carbonyl (C=O) groups is 1. The first kappa shape index (κ1) is 16.5.